The van der Waals surface area contributed by atoms with Crippen LogP contribution < -0.4 is 0 Å². The van der Waals surface area contributed by atoms with Crippen molar-refractivity contribution < 1.29 is 13.6 Å². The molecular formula is C14H17F2NO. The average molecular weight is 253 g/mol. The van der Waals surface area contributed by atoms with Gasteiger partial charge in [0.05, 0.1) is 5.56 Å². The molecule has 1 fully saturated rings. The second kappa shape index (κ2) is 5.46. The van der Waals surface area contributed by atoms with Crippen molar-refractivity contribution in [1.29, 1.82) is 0 Å². The first-order valence-electron chi connectivity index (χ1n) is 6.36. The lowest BCUT2D eigenvalue weighted by atomic mass is 9.95. The minimum atomic E-state index is -1.04. The molecule has 1 unspecified atom stereocenters. The fourth-order valence-corrected chi connectivity index (χ4v) is 2.42. The zero-order valence-electron chi connectivity index (χ0n) is 10.5. The van der Waals surface area contributed by atoms with Gasteiger partial charge in [0.1, 0.15) is 0 Å². The van der Waals surface area contributed by atoms with Gasteiger partial charge < -0.3 is 4.90 Å². The van der Waals surface area contributed by atoms with Crippen molar-refractivity contribution in [2.45, 2.75) is 26.2 Å². The maximum absolute atomic E-state index is 13.6. The van der Waals surface area contributed by atoms with E-state index in [9.17, 15) is 13.6 Å². The molecule has 0 aliphatic carbocycles. The summed E-state index contributed by atoms with van der Waals surface area (Å²) in [6.45, 7) is 3.36. The zero-order valence-corrected chi connectivity index (χ0v) is 10.5. The lowest BCUT2D eigenvalue weighted by Gasteiger charge is -2.32. The maximum atomic E-state index is 13.6. The van der Waals surface area contributed by atoms with Crippen LogP contribution in [0.25, 0.3) is 0 Å². The molecule has 0 spiro atoms. The summed E-state index contributed by atoms with van der Waals surface area (Å²) in [4.78, 5) is 13.8. The number of likely N-dealkylation sites (tertiary alicyclic amines) is 1. The third-order valence-electron chi connectivity index (χ3n) is 3.57. The van der Waals surface area contributed by atoms with Gasteiger partial charge in [-0.1, -0.05) is 19.4 Å². The summed E-state index contributed by atoms with van der Waals surface area (Å²) in [6, 6.07) is 3.74. The van der Waals surface area contributed by atoms with Crippen molar-refractivity contribution in [2.75, 3.05) is 13.1 Å². The topological polar surface area (TPSA) is 20.3 Å². The number of carbonyl (C=O) groups is 1. The van der Waals surface area contributed by atoms with Crippen LogP contribution in [0.1, 0.15) is 36.5 Å². The normalized spacial score (nSPS) is 19.9. The quantitative estimate of drug-likeness (QED) is 0.792. The summed E-state index contributed by atoms with van der Waals surface area (Å²) in [6.07, 6.45) is 3.04. The Morgan fingerprint density at radius 3 is 2.94 bits per heavy atom. The molecule has 2 nitrogen and oxygen atoms in total. The van der Waals surface area contributed by atoms with Crippen molar-refractivity contribution in [3.8, 4) is 0 Å². The van der Waals surface area contributed by atoms with Gasteiger partial charge in [0, 0.05) is 13.1 Å². The first kappa shape index (κ1) is 13.0. The summed E-state index contributed by atoms with van der Waals surface area (Å²) in [7, 11) is 0. The lowest BCUT2D eigenvalue weighted by molar-refractivity contribution is 0.0665. The minimum absolute atomic E-state index is 0.160. The molecule has 98 valence electrons. The number of hydrogen-bond donors (Lipinski definition) is 0. The summed E-state index contributed by atoms with van der Waals surface area (Å²) in [5.74, 6) is -1.93. The number of halogens is 2. The summed E-state index contributed by atoms with van der Waals surface area (Å²) < 4.78 is 26.7. The molecule has 0 bridgehead atoms. The van der Waals surface area contributed by atoms with Crippen LogP contribution in [0.15, 0.2) is 18.2 Å². The first-order chi connectivity index (χ1) is 8.63. The second-order valence-electron chi connectivity index (χ2n) is 4.77. The fraction of sp³-hybridized carbons (Fsp3) is 0.500. The van der Waals surface area contributed by atoms with Crippen LogP contribution in [-0.2, 0) is 0 Å². The number of piperidine rings is 1. The van der Waals surface area contributed by atoms with Gasteiger partial charge in [-0.3, -0.25) is 4.79 Å². The Hall–Kier alpha value is -1.45. The van der Waals surface area contributed by atoms with Gasteiger partial charge in [-0.2, -0.15) is 0 Å². The Balaban J connectivity index is 2.18. The highest BCUT2D eigenvalue weighted by atomic mass is 19.2. The lowest BCUT2D eigenvalue weighted by Crippen LogP contribution is -2.40. The van der Waals surface area contributed by atoms with E-state index in [2.05, 4.69) is 6.92 Å². The summed E-state index contributed by atoms with van der Waals surface area (Å²) >= 11 is 0. The number of rotatable bonds is 2. The largest absolute Gasteiger partial charge is 0.338 e. The van der Waals surface area contributed by atoms with Crippen molar-refractivity contribution in [3.63, 3.8) is 0 Å². The second-order valence-corrected chi connectivity index (χ2v) is 4.77. The number of amides is 1. The molecule has 4 heteroatoms. The highest BCUT2D eigenvalue weighted by Gasteiger charge is 2.25. The molecule has 1 saturated heterocycles. The smallest absolute Gasteiger partial charge is 0.256 e. The van der Waals surface area contributed by atoms with Crippen LogP contribution in [0.4, 0.5) is 8.78 Å². The number of nitrogens with zero attached hydrogens (tertiary/aromatic N) is 1. The summed E-state index contributed by atoms with van der Waals surface area (Å²) in [5, 5.41) is 0. The Labute approximate surface area is 106 Å². The van der Waals surface area contributed by atoms with E-state index in [1.54, 1.807) is 4.90 Å². The molecule has 1 aromatic rings. The van der Waals surface area contributed by atoms with E-state index in [1.807, 2.05) is 0 Å². The Morgan fingerprint density at radius 2 is 2.22 bits per heavy atom. The van der Waals surface area contributed by atoms with Gasteiger partial charge in [0.25, 0.3) is 5.91 Å². The predicted octanol–water partition coefficient (Wildman–Crippen LogP) is 3.23. The van der Waals surface area contributed by atoms with Crippen LogP contribution in [0.3, 0.4) is 0 Å². The molecule has 1 atom stereocenters. The molecule has 2 rings (SSSR count). The standard InChI is InChI=1S/C14H17F2NO/c1-2-10-5-4-8-17(9-10)14(18)11-6-3-7-12(15)13(11)16/h3,6-7,10H,2,4-5,8-9H2,1H3. The van der Waals surface area contributed by atoms with Crippen molar-refractivity contribution in [1.82, 2.24) is 4.90 Å². The minimum Gasteiger partial charge on any atom is -0.338 e. The van der Waals surface area contributed by atoms with Crippen LogP contribution in [0.5, 0.6) is 0 Å². The molecule has 1 aliphatic rings. The van der Waals surface area contributed by atoms with Crippen LogP contribution in [0, 0.1) is 17.6 Å². The van der Waals surface area contributed by atoms with Gasteiger partial charge in [-0.05, 0) is 30.9 Å². The molecule has 0 aromatic heterocycles. The summed E-state index contributed by atoms with van der Waals surface area (Å²) in [5.41, 5.74) is -0.160. The van der Waals surface area contributed by atoms with Gasteiger partial charge >= 0.3 is 0 Å². The molecule has 1 aliphatic heterocycles. The molecule has 0 saturated carbocycles. The molecular weight excluding hydrogens is 236 g/mol. The van der Waals surface area contributed by atoms with Gasteiger partial charge in [0.2, 0.25) is 0 Å². The number of hydrogen-bond acceptors (Lipinski definition) is 1. The molecule has 0 N–H and O–H groups in total. The molecule has 0 radical (unpaired) electrons. The van der Waals surface area contributed by atoms with Gasteiger partial charge in [0.15, 0.2) is 11.6 Å². The van der Waals surface area contributed by atoms with E-state index < -0.39 is 17.5 Å². The zero-order chi connectivity index (χ0) is 13.1. The van der Waals surface area contributed by atoms with Crippen molar-refractivity contribution in [2.24, 2.45) is 5.92 Å². The highest BCUT2D eigenvalue weighted by molar-refractivity contribution is 5.94. The third-order valence-corrected chi connectivity index (χ3v) is 3.57. The maximum Gasteiger partial charge on any atom is 0.256 e. The van der Waals surface area contributed by atoms with E-state index in [4.69, 9.17) is 0 Å². The van der Waals surface area contributed by atoms with E-state index in [0.717, 1.165) is 25.3 Å². The van der Waals surface area contributed by atoms with Crippen molar-refractivity contribution >= 4 is 5.91 Å². The number of carbonyl (C=O) groups excluding carboxylic acids is 1. The fourth-order valence-electron chi connectivity index (χ4n) is 2.42. The highest BCUT2D eigenvalue weighted by Crippen LogP contribution is 2.22. The van der Waals surface area contributed by atoms with E-state index in [-0.39, 0.29) is 5.56 Å². The molecule has 1 amide bonds. The van der Waals surface area contributed by atoms with Crippen LogP contribution in [-0.4, -0.2) is 23.9 Å². The Kier molecular flexibility index (Phi) is 3.94. The SMILES string of the molecule is CCC1CCCN(C(=O)c2cccc(F)c2F)C1. The van der Waals surface area contributed by atoms with Crippen molar-refractivity contribution in [3.05, 3.63) is 35.4 Å². The van der Waals surface area contributed by atoms with Gasteiger partial charge in [-0.25, -0.2) is 8.78 Å². The van der Waals surface area contributed by atoms with Crippen LogP contribution in [0.2, 0.25) is 0 Å². The van der Waals surface area contributed by atoms with E-state index in [0.29, 0.717) is 19.0 Å². The van der Waals surface area contributed by atoms with Gasteiger partial charge in [-0.15, -0.1) is 0 Å². The molecule has 18 heavy (non-hydrogen) atoms. The first-order valence-corrected chi connectivity index (χ1v) is 6.36. The monoisotopic (exact) mass is 253 g/mol. The molecule has 1 heterocycles. The number of benzene rings is 1. The Morgan fingerprint density at radius 1 is 1.44 bits per heavy atom. The third kappa shape index (κ3) is 2.52. The van der Waals surface area contributed by atoms with Crippen LogP contribution >= 0.6 is 0 Å². The Bertz CT molecular complexity index is 447. The van der Waals surface area contributed by atoms with E-state index in [1.165, 1.54) is 12.1 Å². The van der Waals surface area contributed by atoms with E-state index >= 15 is 0 Å². The predicted molar refractivity (Wildman–Crippen MR) is 65.3 cm³/mol. The molecule has 1 aromatic carbocycles. The average Bonchev–Trinajstić information content (AvgIpc) is 2.41.